The van der Waals surface area contributed by atoms with Gasteiger partial charge in [-0.05, 0) is 30.5 Å². The Kier molecular flexibility index (Phi) is 3.76. The maximum Gasteiger partial charge on any atom is 0.133 e. The van der Waals surface area contributed by atoms with Gasteiger partial charge in [0.05, 0.1) is 5.69 Å². The van der Waals surface area contributed by atoms with Gasteiger partial charge in [-0.15, -0.1) is 0 Å². The number of hydrogen-bond acceptors (Lipinski definition) is 3. The third kappa shape index (κ3) is 3.52. The second-order valence-corrected chi connectivity index (χ2v) is 5.29. The molecule has 2 aromatic rings. The van der Waals surface area contributed by atoms with E-state index in [0.717, 1.165) is 28.6 Å². The van der Waals surface area contributed by atoms with Crippen molar-refractivity contribution in [3.8, 4) is 0 Å². The minimum atomic E-state index is 0.678. The molecular formula is C15H16ClN3. The summed E-state index contributed by atoms with van der Waals surface area (Å²) in [4.78, 5) is 8.90. The van der Waals surface area contributed by atoms with Crippen molar-refractivity contribution in [1.82, 2.24) is 15.3 Å². The van der Waals surface area contributed by atoms with E-state index in [2.05, 4.69) is 15.3 Å². The van der Waals surface area contributed by atoms with E-state index in [1.807, 2.05) is 36.5 Å². The van der Waals surface area contributed by atoms with Crippen molar-refractivity contribution in [2.75, 3.05) is 0 Å². The number of aromatic nitrogens is 2. The van der Waals surface area contributed by atoms with E-state index in [1.165, 1.54) is 12.8 Å². The van der Waals surface area contributed by atoms with Gasteiger partial charge in [-0.25, -0.2) is 9.97 Å². The van der Waals surface area contributed by atoms with Crippen LogP contribution in [-0.4, -0.2) is 16.0 Å². The van der Waals surface area contributed by atoms with Crippen LogP contribution in [0.5, 0.6) is 0 Å². The Morgan fingerprint density at radius 1 is 1.21 bits per heavy atom. The van der Waals surface area contributed by atoms with E-state index in [-0.39, 0.29) is 0 Å². The van der Waals surface area contributed by atoms with Crippen molar-refractivity contribution >= 4 is 11.6 Å². The van der Waals surface area contributed by atoms with Crippen LogP contribution in [0.2, 0.25) is 5.02 Å². The van der Waals surface area contributed by atoms with Gasteiger partial charge in [-0.3, -0.25) is 0 Å². The van der Waals surface area contributed by atoms with Gasteiger partial charge in [0.2, 0.25) is 0 Å². The molecule has 0 saturated heterocycles. The van der Waals surface area contributed by atoms with Gasteiger partial charge >= 0.3 is 0 Å². The molecule has 0 aliphatic heterocycles. The van der Waals surface area contributed by atoms with Crippen LogP contribution in [0.4, 0.5) is 0 Å². The van der Waals surface area contributed by atoms with Crippen LogP contribution < -0.4 is 5.32 Å². The van der Waals surface area contributed by atoms with Crippen LogP contribution in [0.1, 0.15) is 29.9 Å². The predicted molar refractivity (Wildman–Crippen MR) is 76.2 cm³/mol. The molecule has 3 nitrogen and oxygen atoms in total. The highest BCUT2D eigenvalue weighted by Crippen LogP contribution is 2.19. The van der Waals surface area contributed by atoms with Gasteiger partial charge in [-0.2, -0.15) is 0 Å². The average Bonchev–Trinajstić information content (AvgIpc) is 3.24. The molecular weight excluding hydrogens is 258 g/mol. The van der Waals surface area contributed by atoms with E-state index < -0.39 is 0 Å². The SMILES string of the molecule is Clc1ccccc1Cc1nccc(CNC2CC2)n1. The second kappa shape index (κ2) is 5.68. The summed E-state index contributed by atoms with van der Waals surface area (Å²) < 4.78 is 0. The highest BCUT2D eigenvalue weighted by molar-refractivity contribution is 6.31. The fourth-order valence-corrected chi connectivity index (χ4v) is 2.18. The summed E-state index contributed by atoms with van der Waals surface area (Å²) in [5.41, 5.74) is 2.11. The molecule has 3 rings (SSSR count). The Morgan fingerprint density at radius 2 is 2.05 bits per heavy atom. The number of nitrogens with zero attached hydrogens (tertiary/aromatic N) is 2. The molecule has 0 radical (unpaired) electrons. The molecule has 0 spiro atoms. The van der Waals surface area contributed by atoms with Crippen LogP contribution in [0.3, 0.4) is 0 Å². The number of nitrogens with one attached hydrogen (secondary N) is 1. The molecule has 1 fully saturated rings. The zero-order valence-electron chi connectivity index (χ0n) is 10.6. The fraction of sp³-hybridized carbons (Fsp3) is 0.333. The Bertz CT molecular complexity index is 567. The van der Waals surface area contributed by atoms with Gasteiger partial charge in [-0.1, -0.05) is 29.8 Å². The van der Waals surface area contributed by atoms with E-state index in [0.29, 0.717) is 12.5 Å². The number of benzene rings is 1. The summed E-state index contributed by atoms with van der Waals surface area (Å²) >= 11 is 6.16. The maximum atomic E-state index is 6.16. The third-order valence-electron chi connectivity index (χ3n) is 3.22. The van der Waals surface area contributed by atoms with Crippen molar-refractivity contribution < 1.29 is 0 Å². The van der Waals surface area contributed by atoms with Crippen LogP contribution in [0.25, 0.3) is 0 Å². The van der Waals surface area contributed by atoms with Gasteiger partial charge in [0, 0.05) is 30.2 Å². The summed E-state index contributed by atoms with van der Waals surface area (Å²) in [6.45, 7) is 0.822. The van der Waals surface area contributed by atoms with Crippen LogP contribution in [-0.2, 0) is 13.0 Å². The molecule has 1 aliphatic carbocycles. The van der Waals surface area contributed by atoms with Gasteiger partial charge in [0.15, 0.2) is 0 Å². The standard InChI is InChI=1S/C15H16ClN3/c16-14-4-2-1-3-11(14)9-15-17-8-7-13(19-15)10-18-12-5-6-12/h1-4,7-8,12,18H,5-6,9-10H2. The van der Waals surface area contributed by atoms with Gasteiger partial charge in [0.1, 0.15) is 5.82 Å². The lowest BCUT2D eigenvalue weighted by molar-refractivity contribution is 0.668. The average molecular weight is 274 g/mol. The highest BCUT2D eigenvalue weighted by Gasteiger charge is 2.20. The van der Waals surface area contributed by atoms with Crippen LogP contribution in [0.15, 0.2) is 36.5 Å². The Hall–Kier alpha value is -1.45. The second-order valence-electron chi connectivity index (χ2n) is 4.89. The molecule has 0 amide bonds. The molecule has 0 atom stereocenters. The molecule has 1 aromatic heterocycles. The van der Waals surface area contributed by atoms with Crippen molar-refractivity contribution in [2.24, 2.45) is 0 Å². The van der Waals surface area contributed by atoms with Crippen molar-refractivity contribution in [3.05, 3.63) is 58.6 Å². The molecule has 0 bridgehead atoms. The Morgan fingerprint density at radius 3 is 2.84 bits per heavy atom. The monoisotopic (exact) mass is 273 g/mol. The highest BCUT2D eigenvalue weighted by atomic mass is 35.5. The first-order valence-corrected chi connectivity index (χ1v) is 6.96. The summed E-state index contributed by atoms with van der Waals surface area (Å²) in [6.07, 6.45) is 5.08. The number of rotatable bonds is 5. The smallest absolute Gasteiger partial charge is 0.133 e. The summed E-state index contributed by atoms with van der Waals surface area (Å²) in [7, 11) is 0. The fourth-order valence-electron chi connectivity index (χ4n) is 1.97. The van der Waals surface area contributed by atoms with E-state index in [4.69, 9.17) is 11.6 Å². The van der Waals surface area contributed by atoms with Crippen molar-refractivity contribution in [1.29, 1.82) is 0 Å². The lowest BCUT2D eigenvalue weighted by atomic mass is 10.1. The third-order valence-corrected chi connectivity index (χ3v) is 3.59. The Balaban J connectivity index is 1.70. The van der Waals surface area contributed by atoms with Gasteiger partial charge < -0.3 is 5.32 Å². The zero-order chi connectivity index (χ0) is 13.1. The minimum Gasteiger partial charge on any atom is -0.308 e. The van der Waals surface area contributed by atoms with E-state index in [1.54, 1.807) is 0 Å². The zero-order valence-corrected chi connectivity index (χ0v) is 11.4. The van der Waals surface area contributed by atoms with Crippen molar-refractivity contribution in [2.45, 2.75) is 31.8 Å². The predicted octanol–water partition coefficient (Wildman–Crippen LogP) is 2.97. The minimum absolute atomic E-state index is 0.678. The van der Waals surface area contributed by atoms with Crippen LogP contribution >= 0.6 is 11.6 Å². The van der Waals surface area contributed by atoms with Gasteiger partial charge in [0.25, 0.3) is 0 Å². The lowest BCUT2D eigenvalue weighted by Crippen LogP contribution is -2.16. The summed E-state index contributed by atoms with van der Waals surface area (Å²) in [6, 6.07) is 10.5. The molecule has 1 N–H and O–H groups in total. The van der Waals surface area contributed by atoms with E-state index in [9.17, 15) is 0 Å². The quantitative estimate of drug-likeness (QED) is 0.910. The molecule has 0 unspecified atom stereocenters. The van der Waals surface area contributed by atoms with E-state index >= 15 is 0 Å². The van der Waals surface area contributed by atoms with Crippen LogP contribution in [0, 0.1) is 0 Å². The molecule has 1 saturated carbocycles. The first-order chi connectivity index (χ1) is 9.31. The molecule has 1 heterocycles. The first-order valence-electron chi connectivity index (χ1n) is 6.59. The normalized spacial score (nSPS) is 14.6. The first kappa shape index (κ1) is 12.6. The lowest BCUT2D eigenvalue weighted by Gasteiger charge is -2.06. The topological polar surface area (TPSA) is 37.8 Å². The number of hydrogen-bond donors (Lipinski definition) is 1. The maximum absolute atomic E-state index is 6.16. The molecule has 19 heavy (non-hydrogen) atoms. The summed E-state index contributed by atoms with van der Waals surface area (Å²) in [5, 5.41) is 4.23. The molecule has 1 aliphatic rings. The summed E-state index contributed by atoms with van der Waals surface area (Å²) in [5.74, 6) is 0.822. The number of halogens is 1. The molecule has 4 heteroatoms. The Labute approximate surface area is 118 Å². The largest absolute Gasteiger partial charge is 0.308 e. The van der Waals surface area contributed by atoms with Crippen molar-refractivity contribution in [3.63, 3.8) is 0 Å². The molecule has 98 valence electrons. The molecule has 1 aromatic carbocycles.